The van der Waals surface area contributed by atoms with Crippen LogP contribution in [0, 0.1) is 5.92 Å². The van der Waals surface area contributed by atoms with Crippen molar-refractivity contribution in [3.63, 3.8) is 0 Å². The Morgan fingerprint density at radius 1 is 0.535 bits per heavy atom. The van der Waals surface area contributed by atoms with Crippen LogP contribution in [-0.4, -0.2) is 145 Å². The zero-order chi connectivity index (χ0) is 52.9. The van der Waals surface area contributed by atoms with Crippen molar-refractivity contribution in [2.45, 2.75) is 120 Å². The maximum atomic E-state index is 14.2. The van der Waals surface area contributed by atoms with Crippen molar-refractivity contribution in [3.05, 3.63) is 59.7 Å². The average molecular weight is 998 g/mol. The van der Waals surface area contributed by atoms with Crippen LogP contribution >= 0.6 is 0 Å². The fraction of sp³-hybridized carbons (Fsp3) is 0.467. The number of hydrogen-bond donors (Lipinski definition) is 14. The minimum absolute atomic E-state index is 0.0760. The molecule has 1 aliphatic heterocycles. The number of hydrogen-bond acceptors (Lipinski definition) is 14. The van der Waals surface area contributed by atoms with E-state index >= 15 is 0 Å². The van der Waals surface area contributed by atoms with E-state index in [4.69, 9.17) is 5.73 Å². The van der Waals surface area contributed by atoms with E-state index in [-0.39, 0.29) is 36.7 Å². The highest BCUT2D eigenvalue weighted by atomic mass is 16.4. The lowest BCUT2D eigenvalue weighted by Crippen LogP contribution is -2.60. The molecule has 1 saturated heterocycles. The molecule has 0 spiro atoms. The molecule has 26 heteroatoms. The molecule has 2 aromatic rings. The Morgan fingerprint density at radius 2 is 0.944 bits per heavy atom. The molecule has 0 aliphatic carbocycles. The van der Waals surface area contributed by atoms with Crippen molar-refractivity contribution in [3.8, 4) is 11.5 Å². The zero-order valence-electron chi connectivity index (χ0n) is 38.7. The Hall–Kier alpha value is -8.32. The summed E-state index contributed by atoms with van der Waals surface area (Å²) in [5, 5.41) is 67.0. The predicted octanol–water partition coefficient (Wildman–Crippen LogP) is -3.08. The number of carbonyl (C=O) groups is 12. The number of amides is 9. The quantitative estimate of drug-likeness (QED) is 0.0841. The van der Waals surface area contributed by atoms with E-state index in [0.29, 0.717) is 11.1 Å². The molecule has 0 saturated carbocycles. The fourth-order valence-electron chi connectivity index (χ4n) is 7.04. The Morgan fingerprint density at radius 3 is 1.41 bits per heavy atom. The minimum atomic E-state index is -2.00. The Kier molecular flexibility index (Phi) is 22.2. The third kappa shape index (κ3) is 20.4. The first-order valence-electron chi connectivity index (χ1n) is 22.3. The smallest absolute Gasteiger partial charge is 0.305 e. The van der Waals surface area contributed by atoms with Crippen molar-refractivity contribution in [2.24, 2.45) is 11.7 Å². The van der Waals surface area contributed by atoms with Gasteiger partial charge in [0.2, 0.25) is 53.2 Å². The van der Waals surface area contributed by atoms with Gasteiger partial charge in [0.15, 0.2) is 0 Å². The van der Waals surface area contributed by atoms with Gasteiger partial charge in [-0.2, -0.15) is 0 Å². The van der Waals surface area contributed by atoms with E-state index in [2.05, 4.69) is 42.5 Å². The van der Waals surface area contributed by atoms with E-state index in [0.717, 1.165) is 0 Å². The van der Waals surface area contributed by atoms with Crippen molar-refractivity contribution < 1.29 is 83.1 Å². The largest absolute Gasteiger partial charge is 0.508 e. The second kappa shape index (κ2) is 27.6. The summed E-state index contributed by atoms with van der Waals surface area (Å²) in [4.78, 5) is 158. The lowest BCUT2D eigenvalue weighted by Gasteiger charge is -2.27. The second-order valence-corrected chi connectivity index (χ2v) is 17.0. The number of aliphatic carboxylic acids is 3. The summed E-state index contributed by atoms with van der Waals surface area (Å²) in [7, 11) is 0. The summed E-state index contributed by atoms with van der Waals surface area (Å²) >= 11 is 0. The Bertz CT molecular complexity index is 2290. The van der Waals surface area contributed by atoms with Crippen LogP contribution in [0.1, 0.15) is 76.3 Å². The molecular weight excluding hydrogens is 939 g/mol. The lowest BCUT2D eigenvalue weighted by atomic mass is 10.0. The van der Waals surface area contributed by atoms with Gasteiger partial charge in [-0.25, -0.2) is 0 Å². The SMILES string of the molecule is CC(C)C[C@@H]1NC(=O)CNC(=O)[C@H](CCC(=O)O)NC(=O)[C@H](CC(=O)O)NC(=O)[C@H](Cc2ccc(O)cc2)NC(=O)[C@@H](Cc2ccc(O)cc2)NC(=O)CC[C@@H](C(N)=O)NC(=O)[C@H](CCC(=O)O)NC1=O. The number of primary amides is 1. The van der Waals surface area contributed by atoms with Crippen LogP contribution in [-0.2, 0) is 70.4 Å². The molecule has 0 unspecified atom stereocenters. The number of carbonyl (C=O) groups excluding carboxylic acids is 9. The van der Waals surface area contributed by atoms with Gasteiger partial charge in [0.25, 0.3) is 0 Å². The summed E-state index contributed by atoms with van der Waals surface area (Å²) in [5.41, 5.74) is 6.26. The minimum Gasteiger partial charge on any atom is -0.508 e. The summed E-state index contributed by atoms with van der Waals surface area (Å²) in [6, 6.07) is -1.02. The highest BCUT2D eigenvalue weighted by molar-refractivity contribution is 5.98. The van der Waals surface area contributed by atoms with Crippen LogP contribution in [0.5, 0.6) is 11.5 Å². The van der Waals surface area contributed by atoms with Crippen molar-refractivity contribution in [1.29, 1.82) is 0 Å². The third-order valence-corrected chi connectivity index (χ3v) is 10.7. The van der Waals surface area contributed by atoms with Crippen LogP contribution in [0.15, 0.2) is 48.5 Å². The van der Waals surface area contributed by atoms with Gasteiger partial charge in [-0.1, -0.05) is 38.1 Å². The van der Waals surface area contributed by atoms with E-state index < -0.39 is 165 Å². The fourth-order valence-corrected chi connectivity index (χ4v) is 7.04. The summed E-state index contributed by atoms with van der Waals surface area (Å²) in [6.07, 6.45) is -5.54. The van der Waals surface area contributed by atoms with Gasteiger partial charge in [-0.3, -0.25) is 57.5 Å². The number of phenols is 2. The van der Waals surface area contributed by atoms with E-state index in [1.54, 1.807) is 13.8 Å². The van der Waals surface area contributed by atoms with Gasteiger partial charge in [0.1, 0.15) is 53.8 Å². The first-order chi connectivity index (χ1) is 33.4. The highest BCUT2D eigenvalue weighted by Gasteiger charge is 2.35. The van der Waals surface area contributed by atoms with E-state index in [1.807, 2.05) is 0 Å². The van der Waals surface area contributed by atoms with E-state index in [9.17, 15) is 83.1 Å². The number of aromatic hydroxyl groups is 2. The number of carboxylic acid groups (broad SMARTS) is 3. The standard InChI is InChI=1S/C45H59N9O17/c1-22(2)17-30-42(68)52-29(13-16-37(61)62)41(67)50-27(39(46)65)11-14-34(57)48-31(18-23-3-7-25(55)8-4-23)43(69)53-32(19-24-5-9-26(56)10-6-24)44(70)54-33(20-38(63)64)45(71)51-28(12-15-36(59)60)40(66)47-21-35(58)49-30/h3-10,22,27-33,55-56H,11-21H2,1-2H3,(H2,46,65)(H,47,66)(H,48,57)(H,49,58)(H,50,67)(H,51,71)(H,52,68)(H,53,69)(H,54,70)(H,59,60)(H,61,62)(H,63,64)/t27-,28-,29-,30-,31+,32-,33-/m0/s1. The van der Waals surface area contributed by atoms with Gasteiger partial charge < -0.3 is 73.8 Å². The maximum Gasteiger partial charge on any atom is 0.305 e. The Balaban J connectivity index is 2.15. The van der Waals surface area contributed by atoms with Gasteiger partial charge in [-0.05, 0) is 67.0 Å². The van der Waals surface area contributed by atoms with Gasteiger partial charge in [-0.15, -0.1) is 0 Å². The van der Waals surface area contributed by atoms with Crippen LogP contribution in [0.25, 0.3) is 0 Å². The molecule has 7 atom stereocenters. The van der Waals surface area contributed by atoms with Gasteiger partial charge in [0, 0.05) is 32.1 Å². The number of nitrogens with two attached hydrogens (primary N) is 1. The van der Waals surface area contributed by atoms with Gasteiger partial charge in [0.05, 0.1) is 13.0 Å². The first-order valence-corrected chi connectivity index (χ1v) is 22.3. The zero-order valence-corrected chi connectivity index (χ0v) is 38.7. The summed E-state index contributed by atoms with van der Waals surface area (Å²) in [5.74, 6) is -14.9. The number of nitrogens with one attached hydrogen (secondary N) is 8. The maximum absolute atomic E-state index is 14.2. The second-order valence-electron chi connectivity index (χ2n) is 17.0. The highest BCUT2D eigenvalue weighted by Crippen LogP contribution is 2.15. The summed E-state index contributed by atoms with van der Waals surface area (Å²) < 4.78 is 0. The third-order valence-electron chi connectivity index (χ3n) is 10.7. The molecule has 71 heavy (non-hydrogen) atoms. The first kappa shape index (κ1) is 57.0. The number of benzene rings is 2. The number of carboxylic acids is 3. The molecule has 0 aromatic heterocycles. The van der Waals surface area contributed by atoms with Crippen molar-refractivity contribution in [2.75, 3.05) is 6.54 Å². The number of phenolic OH excluding ortho intramolecular Hbond substituents is 2. The average Bonchev–Trinajstić information content (AvgIpc) is 3.28. The molecule has 0 radical (unpaired) electrons. The van der Waals surface area contributed by atoms with Crippen LogP contribution in [0.4, 0.5) is 0 Å². The lowest BCUT2D eigenvalue weighted by molar-refractivity contribution is -0.141. The molecule has 0 bridgehead atoms. The van der Waals surface area contributed by atoms with Gasteiger partial charge >= 0.3 is 17.9 Å². The molecular formula is C45H59N9O17. The molecule has 2 aromatic carbocycles. The normalized spacial score (nSPS) is 22.8. The molecule has 26 nitrogen and oxygen atoms in total. The van der Waals surface area contributed by atoms with Crippen molar-refractivity contribution in [1.82, 2.24) is 42.5 Å². The molecule has 1 heterocycles. The molecule has 3 rings (SSSR count). The molecule has 9 amide bonds. The summed E-state index contributed by atoms with van der Waals surface area (Å²) in [6.45, 7) is 2.46. The molecule has 1 fully saturated rings. The van der Waals surface area contributed by atoms with Crippen LogP contribution in [0.2, 0.25) is 0 Å². The molecule has 15 N–H and O–H groups in total. The van der Waals surface area contributed by atoms with E-state index in [1.165, 1.54) is 48.5 Å². The van der Waals surface area contributed by atoms with Crippen molar-refractivity contribution >= 4 is 71.1 Å². The number of rotatable bonds is 15. The monoisotopic (exact) mass is 997 g/mol. The van der Waals surface area contributed by atoms with Crippen LogP contribution in [0.3, 0.4) is 0 Å². The predicted molar refractivity (Wildman–Crippen MR) is 244 cm³/mol. The Labute approximate surface area is 405 Å². The molecule has 1 aliphatic rings. The molecule has 386 valence electrons. The van der Waals surface area contributed by atoms with Crippen LogP contribution < -0.4 is 48.3 Å². The topological polar surface area (TPSA) is 428 Å².